The summed E-state index contributed by atoms with van der Waals surface area (Å²) in [4.78, 5) is 10.4. The minimum absolute atomic E-state index is 0.0812. The van der Waals surface area contributed by atoms with Gasteiger partial charge in [0.2, 0.25) is 0 Å². The molecule has 3 rings (SSSR count). The molecule has 0 bridgehead atoms. The first-order valence-electron chi connectivity index (χ1n) is 8.29. The fraction of sp³-hybridized carbons (Fsp3) is 0.211. The molecule has 3 aromatic rings. The molecule has 0 aliphatic heterocycles. The van der Waals surface area contributed by atoms with Crippen LogP contribution in [-0.4, -0.2) is 9.49 Å². The molecule has 0 N–H and O–H groups in total. The Bertz CT molecular complexity index is 961. The van der Waals surface area contributed by atoms with Crippen LogP contribution < -0.4 is 4.57 Å². The van der Waals surface area contributed by atoms with Gasteiger partial charge >= 0.3 is 0 Å². The highest BCUT2D eigenvalue weighted by molar-refractivity contribution is 6.42. The summed E-state index contributed by atoms with van der Waals surface area (Å²) >= 11 is 12.4. The van der Waals surface area contributed by atoms with E-state index in [-0.39, 0.29) is 5.69 Å². The Morgan fingerprint density at radius 1 is 1.12 bits per heavy atom. The molecule has 0 aliphatic rings. The van der Waals surface area contributed by atoms with Crippen molar-refractivity contribution in [3.05, 3.63) is 67.9 Å². The molecule has 0 saturated carbocycles. The first kappa shape index (κ1) is 18.4. The van der Waals surface area contributed by atoms with Crippen LogP contribution in [0.5, 0.6) is 0 Å². The summed E-state index contributed by atoms with van der Waals surface area (Å²) in [5, 5.41) is 11.8. The number of hydrogen-bond donors (Lipinski definition) is 0. The molecule has 26 heavy (non-hydrogen) atoms. The number of nitro benzene ring substituents is 1. The average molecular weight is 391 g/mol. The van der Waals surface area contributed by atoms with Gasteiger partial charge in [0, 0.05) is 30.3 Å². The molecular formula is C19H18Cl2N3O2+. The Morgan fingerprint density at radius 2 is 1.77 bits per heavy atom. The summed E-state index contributed by atoms with van der Waals surface area (Å²) in [5.41, 5.74) is 3.01. The van der Waals surface area contributed by atoms with E-state index in [1.165, 1.54) is 12.1 Å². The van der Waals surface area contributed by atoms with Gasteiger partial charge in [0.15, 0.2) is 11.0 Å². The Labute approximate surface area is 161 Å². The lowest BCUT2D eigenvalue weighted by Gasteiger charge is -1.98. The third kappa shape index (κ3) is 3.32. The van der Waals surface area contributed by atoms with Gasteiger partial charge in [-0.2, -0.15) is 0 Å². The maximum absolute atomic E-state index is 10.8. The molecule has 2 aromatic carbocycles. The van der Waals surface area contributed by atoms with Crippen molar-refractivity contribution < 1.29 is 9.49 Å². The van der Waals surface area contributed by atoms with Crippen molar-refractivity contribution in [2.45, 2.75) is 26.9 Å². The maximum Gasteiger partial charge on any atom is 0.282 e. The number of nitro groups is 1. The van der Waals surface area contributed by atoms with Crippen LogP contribution in [0.1, 0.15) is 25.2 Å². The molecule has 1 aromatic heterocycles. The number of non-ortho nitro benzene ring substituents is 1. The number of halogens is 2. The number of nitrogens with zero attached hydrogens (tertiary/aromatic N) is 3. The molecule has 134 valence electrons. The second-order valence-corrected chi connectivity index (χ2v) is 6.60. The smallest absolute Gasteiger partial charge is 0.258 e. The lowest BCUT2D eigenvalue weighted by Crippen LogP contribution is -2.35. The summed E-state index contributed by atoms with van der Waals surface area (Å²) in [6.45, 7) is 5.71. The summed E-state index contributed by atoms with van der Waals surface area (Å²) < 4.78 is 4.34. The van der Waals surface area contributed by atoms with Crippen LogP contribution in [0.2, 0.25) is 10.0 Å². The van der Waals surface area contributed by atoms with Gasteiger partial charge in [0.25, 0.3) is 11.5 Å². The SMILES string of the molecule is CCn1c(C=Cc2ccc([N+](=O)[O-])cc2)[n+](CC)c2cc(Cl)c(Cl)cc21. The molecule has 0 amide bonds. The number of aromatic nitrogens is 2. The van der Waals surface area contributed by atoms with Gasteiger partial charge in [-0.1, -0.05) is 23.2 Å². The number of hydrogen-bond acceptors (Lipinski definition) is 2. The Kier molecular flexibility index (Phi) is 5.30. The molecule has 0 fully saturated rings. The van der Waals surface area contributed by atoms with Crippen molar-refractivity contribution >= 4 is 52.1 Å². The van der Waals surface area contributed by atoms with Crippen LogP contribution in [0, 0.1) is 10.1 Å². The zero-order valence-corrected chi connectivity index (χ0v) is 16.0. The van der Waals surface area contributed by atoms with E-state index in [0.29, 0.717) is 10.0 Å². The highest BCUT2D eigenvalue weighted by Crippen LogP contribution is 2.28. The van der Waals surface area contributed by atoms with Gasteiger partial charge < -0.3 is 0 Å². The fourth-order valence-electron chi connectivity index (χ4n) is 3.07. The van der Waals surface area contributed by atoms with E-state index in [0.717, 1.165) is 35.5 Å². The van der Waals surface area contributed by atoms with E-state index in [4.69, 9.17) is 23.2 Å². The second-order valence-electron chi connectivity index (χ2n) is 5.78. The van der Waals surface area contributed by atoms with Crippen molar-refractivity contribution in [2.75, 3.05) is 0 Å². The highest BCUT2D eigenvalue weighted by Gasteiger charge is 2.22. The minimum atomic E-state index is -0.402. The number of aryl methyl sites for hydroxylation is 2. The predicted octanol–water partition coefficient (Wildman–Crippen LogP) is 5.35. The van der Waals surface area contributed by atoms with Crippen molar-refractivity contribution in [3.8, 4) is 0 Å². The van der Waals surface area contributed by atoms with E-state index in [2.05, 4.69) is 23.0 Å². The quantitative estimate of drug-likeness (QED) is 0.334. The predicted molar refractivity (Wildman–Crippen MR) is 106 cm³/mol. The van der Waals surface area contributed by atoms with Crippen LogP contribution >= 0.6 is 23.2 Å². The van der Waals surface area contributed by atoms with E-state index < -0.39 is 4.92 Å². The zero-order chi connectivity index (χ0) is 18.8. The molecule has 0 aliphatic carbocycles. The van der Waals surface area contributed by atoms with Gasteiger partial charge in [0.1, 0.15) is 0 Å². The summed E-state index contributed by atoms with van der Waals surface area (Å²) in [6, 6.07) is 10.2. The van der Waals surface area contributed by atoms with Crippen molar-refractivity contribution in [2.24, 2.45) is 0 Å². The third-order valence-corrected chi connectivity index (χ3v) is 5.04. The molecule has 0 spiro atoms. The third-order valence-electron chi connectivity index (χ3n) is 4.31. The lowest BCUT2D eigenvalue weighted by atomic mass is 10.2. The van der Waals surface area contributed by atoms with Crippen LogP contribution in [0.15, 0.2) is 36.4 Å². The normalized spacial score (nSPS) is 11.5. The summed E-state index contributed by atoms with van der Waals surface area (Å²) in [7, 11) is 0. The molecule has 0 unspecified atom stereocenters. The topological polar surface area (TPSA) is 51.9 Å². The van der Waals surface area contributed by atoms with Gasteiger partial charge in [-0.25, -0.2) is 9.13 Å². The molecule has 0 radical (unpaired) electrons. The zero-order valence-electron chi connectivity index (χ0n) is 14.4. The van der Waals surface area contributed by atoms with E-state index >= 15 is 0 Å². The van der Waals surface area contributed by atoms with Crippen LogP contribution in [0.3, 0.4) is 0 Å². The number of benzene rings is 2. The maximum atomic E-state index is 10.8. The van der Waals surface area contributed by atoms with E-state index in [1.807, 2.05) is 24.3 Å². The molecule has 1 heterocycles. The largest absolute Gasteiger partial charge is 0.282 e. The number of imidazole rings is 1. The van der Waals surface area contributed by atoms with Gasteiger partial charge in [-0.3, -0.25) is 10.1 Å². The highest BCUT2D eigenvalue weighted by atomic mass is 35.5. The van der Waals surface area contributed by atoms with E-state index in [9.17, 15) is 10.1 Å². The first-order chi connectivity index (χ1) is 12.5. The fourth-order valence-corrected chi connectivity index (χ4v) is 3.39. The lowest BCUT2D eigenvalue weighted by molar-refractivity contribution is -0.670. The average Bonchev–Trinajstić information content (AvgIpc) is 2.92. The molecular weight excluding hydrogens is 373 g/mol. The molecule has 0 saturated heterocycles. The van der Waals surface area contributed by atoms with Crippen LogP contribution in [-0.2, 0) is 13.1 Å². The minimum Gasteiger partial charge on any atom is -0.258 e. The number of fused-ring (bicyclic) bond motifs is 1. The van der Waals surface area contributed by atoms with Crippen molar-refractivity contribution in [3.63, 3.8) is 0 Å². The van der Waals surface area contributed by atoms with Crippen molar-refractivity contribution in [1.82, 2.24) is 4.57 Å². The van der Waals surface area contributed by atoms with Gasteiger partial charge in [-0.05, 0) is 37.6 Å². The summed E-state index contributed by atoms with van der Waals surface area (Å²) in [6.07, 6.45) is 3.95. The van der Waals surface area contributed by atoms with Gasteiger partial charge in [-0.15, -0.1) is 0 Å². The van der Waals surface area contributed by atoms with E-state index in [1.54, 1.807) is 12.1 Å². The second kappa shape index (κ2) is 7.48. The first-order valence-corrected chi connectivity index (χ1v) is 9.05. The standard InChI is InChI=1S/C19H18Cl2N3O2/c1-3-22-17-11-15(20)16(21)12-18(17)23(4-2)19(22)10-7-13-5-8-14(9-6-13)24(25)26/h5-12H,3-4H2,1-2H3/q+1. The van der Waals surface area contributed by atoms with Crippen LogP contribution in [0.4, 0.5) is 5.69 Å². The molecule has 0 atom stereocenters. The Balaban J connectivity index is 2.10. The summed E-state index contributed by atoms with van der Waals surface area (Å²) in [5.74, 6) is 1.02. The Hall–Kier alpha value is -2.37. The monoisotopic (exact) mass is 390 g/mol. The molecule has 5 nitrogen and oxygen atoms in total. The van der Waals surface area contributed by atoms with Crippen molar-refractivity contribution in [1.29, 1.82) is 0 Å². The molecule has 7 heteroatoms. The number of rotatable bonds is 5. The Morgan fingerprint density at radius 3 is 2.35 bits per heavy atom. The van der Waals surface area contributed by atoms with Crippen LogP contribution in [0.25, 0.3) is 23.2 Å². The van der Waals surface area contributed by atoms with Gasteiger partial charge in [0.05, 0.1) is 28.1 Å².